The SMILES string of the molecule is Cc1nonc1COc1c(F)cccc1CNC(C)(C)C. The van der Waals surface area contributed by atoms with Gasteiger partial charge in [-0.15, -0.1) is 0 Å². The molecule has 0 unspecified atom stereocenters. The fraction of sp³-hybridized carbons (Fsp3) is 0.467. The highest BCUT2D eigenvalue weighted by Gasteiger charge is 2.15. The van der Waals surface area contributed by atoms with Crippen molar-refractivity contribution in [3.63, 3.8) is 0 Å². The monoisotopic (exact) mass is 293 g/mol. The lowest BCUT2D eigenvalue weighted by molar-refractivity contribution is 0.259. The maximum atomic E-state index is 14.0. The third-order valence-corrected chi connectivity index (χ3v) is 2.96. The predicted molar refractivity (Wildman–Crippen MR) is 76.4 cm³/mol. The first-order valence-corrected chi connectivity index (χ1v) is 6.80. The molecule has 1 heterocycles. The number of benzene rings is 1. The first kappa shape index (κ1) is 15.4. The van der Waals surface area contributed by atoms with Crippen molar-refractivity contribution < 1.29 is 13.8 Å². The number of nitrogens with one attached hydrogen (secondary N) is 1. The van der Waals surface area contributed by atoms with Crippen molar-refractivity contribution in [2.24, 2.45) is 0 Å². The molecule has 0 amide bonds. The van der Waals surface area contributed by atoms with Gasteiger partial charge in [-0.25, -0.2) is 9.02 Å². The zero-order chi connectivity index (χ0) is 15.5. The Bertz CT molecular complexity index is 605. The second-order valence-electron chi connectivity index (χ2n) is 5.92. The van der Waals surface area contributed by atoms with E-state index in [2.05, 4.69) is 41.0 Å². The molecule has 21 heavy (non-hydrogen) atoms. The van der Waals surface area contributed by atoms with Crippen LogP contribution in [0.25, 0.3) is 0 Å². The van der Waals surface area contributed by atoms with Gasteiger partial charge in [0, 0.05) is 17.6 Å². The Kier molecular flexibility index (Phi) is 4.57. The molecule has 1 aromatic heterocycles. The Morgan fingerprint density at radius 2 is 2.05 bits per heavy atom. The molecule has 1 aromatic carbocycles. The lowest BCUT2D eigenvalue weighted by Gasteiger charge is -2.21. The van der Waals surface area contributed by atoms with Crippen LogP contribution >= 0.6 is 0 Å². The van der Waals surface area contributed by atoms with Crippen LogP contribution in [0.5, 0.6) is 5.75 Å². The maximum Gasteiger partial charge on any atom is 0.165 e. The molecule has 0 saturated heterocycles. The Morgan fingerprint density at radius 1 is 1.29 bits per heavy atom. The fourth-order valence-electron chi connectivity index (χ4n) is 1.74. The number of hydrogen-bond acceptors (Lipinski definition) is 5. The predicted octanol–water partition coefficient (Wildman–Crippen LogP) is 2.98. The van der Waals surface area contributed by atoms with Gasteiger partial charge < -0.3 is 10.1 Å². The van der Waals surface area contributed by atoms with Crippen LogP contribution < -0.4 is 10.1 Å². The van der Waals surface area contributed by atoms with Gasteiger partial charge in [-0.2, -0.15) is 0 Å². The second-order valence-corrected chi connectivity index (χ2v) is 5.92. The van der Waals surface area contributed by atoms with Gasteiger partial charge >= 0.3 is 0 Å². The van der Waals surface area contributed by atoms with Gasteiger partial charge in [0.2, 0.25) is 0 Å². The van der Waals surface area contributed by atoms with Crippen LogP contribution in [0.4, 0.5) is 4.39 Å². The standard InChI is InChI=1S/C15H20FN3O2/c1-10-13(19-21-18-10)9-20-14-11(6-5-7-12(14)16)8-17-15(2,3)4/h5-7,17H,8-9H2,1-4H3. The third kappa shape index (κ3) is 4.26. The number of aromatic nitrogens is 2. The van der Waals surface area contributed by atoms with E-state index in [0.717, 1.165) is 5.56 Å². The summed E-state index contributed by atoms with van der Waals surface area (Å²) < 4.78 is 24.2. The highest BCUT2D eigenvalue weighted by atomic mass is 19.1. The second kappa shape index (κ2) is 6.22. The summed E-state index contributed by atoms with van der Waals surface area (Å²) in [5.74, 6) is -0.158. The molecule has 2 rings (SSSR count). The number of halogens is 1. The molecular weight excluding hydrogens is 273 g/mol. The molecule has 0 atom stereocenters. The molecule has 6 heteroatoms. The summed E-state index contributed by atoms with van der Waals surface area (Å²) in [5.41, 5.74) is 1.91. The molecule has 114 valence electrons. The van der Waals surface area contributed by atoms with Gasteiger partial charge in [0.05, 0.1) is 0 Å². The Balaban J connectivity index is 2.12. The molecule has 2 aromatic rings. The quantitative estimate of drug-likeness (QED) is 0.918. The van der Waals surface area contributed by atoms with Crippen molar-refractivity contribution in [1.29, 1.82) is 0 Å². The van der Waals surface area contributed by atoms with Crippen LogP contribution in [0.1, 0.15) is 37.7 Å². The average molecular weight is 293 g/mol. The average Bonchev–Trinajstić information content (AvgIpc) is 2.80. The minimum absolute atomic E-state index is 0.0593. The van der Waals surface area contributed by atoms with Crippen LogP contribution in [0.3, 0.4) is 0 Å². The number of aryl methyl sites for hydroxylation is 1. The highest BCUT2D eigenvalue weighted by Crippen LogP contribution is 2.24. The van der Waals surface area contributed by atoms with Crippen molar-refractivity contribution in [2.45, 2.75) is 46.4 Å². The van der Waals surface area contributed by atoms with E-state index in [1.807, 2.05) is 6.07 Å². The Labute approximate surface area is 123 Å². The van der Waals surface area contributed by atoms with E-state index in [0.29, 0.717) is 17.9 Å². The molecule has 0 bridgehead atoms. The van der Waals surface area contributed by atoms with Gasteiger partial charge in [0.25, 0.3) is 0 Å². The van der Waals surface area contributed by atoms with E-state index in [4.69, 9.17) is 4.74 Å². The smallest absolute Gasteiger partial charge is 0.165 e. The normalized spacial score (nSPS) is 11.7. The molecule has 5 nitrogen and oxygen atoms in total. The van der Waals surface area contributed by atoms with E-state index in [1.54, 1.807) is 13.0 Å². The van der Waals surface area contributed by atoms with Gasteiger partial charge in [-0.3, -0.25) is 0 Å². The topological polar surface area (TPSA) is 60.2 Å². The van der Waals surface area contributed by atoms with Crippen molar-refractivity contribution in [3.8, 4) is 5.75 Å². The van der Waals surface area contributed by atoms with Crippen LogP contribution in [0.2, 0.25) is 0 Å². The Hall–Kier alpha value is -1.95. The van der Waals surface area contributed by atoms with Gasteiger partial charge in [-0.1, -0.05) is 22.4 Å². The number of hydrogen-bond donors (Lipinski definition) is 1. The number of rotatable bonds is 5. The first-order valence-electron chi connectivity index (χ1n) is 6.80. The summed E-state index contributed by atoms with van der Waals surface area (Å²) in [7, 11) is 0. The van der Waals surface area contributed by atoms with Crippen molar-refractivity contribution in [3.05, 3.63) is 41.0 Å². The number of nitrogens with zero attached hydrogens (tertiary/aromatic N) is 2. The van der Waals surface area contributed by atoms with E-state index in [9.17, 15) is 4.39 Å². The lowest BCUT2D eigenvalue weighted by Crippen LogP contribution is -2.35. The minimum Gasteiger partial charge on any atom is -0.484 e. The van der Waals surface area contributed by atoms with Gasteiger partial charge in [-0.05, 0) is 33.8 Å². The van der Waals surface area contributed by atoms with Gasteiger partial charge in [0.1, 0.15) is 18.0 Å². The van der Waals surface area contributed by atoms with E-state index in [1.165, 1.54) is 6.07 Å². The number of para-hydroxylation sites is 1. The van der Waals surface area contributed by atoms with E-state index < -0.39 is 5.82 Å². The summed E-state index contributed by atoms with van der Waals surface area (Å²) >= 11 is 0. The van der Waals surface area contributed by atoms with Crippen molar-refractivity contribution in [2.75, 3.05) is 0 Å². The molecule has 0 aliphatic rings. The van der Waals surface area contributed by atoms with Crippen LogP contribution in [-0.2, 0) is 13.2 Å². The lowest BCUT2D eigenvalue weighted by atomic mass is 10.1. The largest absolute Gasteiger partial charge is 0.484 e. The maximum absolute atomic E-state index is 14.0. The van der Waals surface area contributed by atoms with E-state index in [-0.39, 0.29) is 17.9 Å². The summed E-state index contributed by atoms with van der Waals surface area (Å²) in [6.07, 6.45) is 0. The first-order chi connectivity index (χ1) is 9.87. The molecule has 0 aliphatic heterocycles. The fourth-order valence-corrected chi connectivity index (χ4v) is 1.74. The Morgan fingerprint density at radius 3 is 2.67 bits per heavy atom. The molecule has 1 N–H and O–H groups in total. The van der Waals surface area contributed by atoms with Crippen LogP contribution in [0, 0.1) is 12.7 Å². The summed E-state index contributed by atoms with van der Waals surface area (Å²) in [5, 5.41) is 10.7. The third-order valence-electron chi connectivity index (χ3n) is 2.96. The minimum atomic E-state index is -0.391. The van der Waals surface area contributed by atoms with Crippen LogP contribution in [0.15, 0.2) is 22.8 Å². The molecule has 0 aliphatic carbocycles. The van der Waals surface area contributed by atoms with Crippen LogP contribution in [-0.4, -0.2) is 15.9 Å². The molecular formula is C15H20FN3O2. The van der Waals surface area contributed by atoms with E-state index >= 15 is 0 Å². The number of ether oxygens (including phenoxy) is 1. The zero-order valence-corrected chi connectivity index (χ0v) is 12.7. The molecule has 0 fully saturated rings. The summed E-state index contributed by atoms with van der Waals surface area (Å²) in [4.78, 5) is 0. The highest BCUT2D eigenvalue weighted by molar-refractivity contribution is 5.35. The van der Waals surface area contributed by atoms with Crippen molar-refractivity contribution >= 4 is 0 Å². The molecule has 0 saturated carbocycles. The molecule has 0 spiro atoms. The summed E-state index contributed by atoms with van der Waals surface area (Å²) in [6, 6.07) is 4.89. The summed E-state index contributed by atoms with van der Waals surface area (Å²) in [6.45, 7) is 8.57. The van der Waals surface area contributed by atoms with Crippen molar-refractivity contribution in [1.82, 2.24) is 15.6 Å². The van der Waals surface area contributed by atoms with Gasteiger partial charge in [0.15, 0.2) is 11.6 Å². The zero-order valence-electron chi connectivity index (χ0n) is 12.7. The molecule has 0 radical (unpaired) electrons.